The molecule has 22 heavy (non-hydrogen) atoms. The Labute approximate surface area is 131 Å². The van der Waals surface area contributed by atoms with Crippen LogP contribution >= 0.6 is 11.3 Å². The fourth-order valence-corrected chi connectivity index (χ4v) is 3.25. The summed E-state index contributed by atoms with van der Waals surface area (Å²) in [5.74, 6) is -0.474. The molecule has 1 atom stereocenters. The van der Waals surface area contributed by atoms with Gasteiger partial charge >= 0.3 is 6.09 Å². The van der Waals surface area contributed by atoms with E-state index in [1.54, 1.807) is 6.20 Å². The topological polar surface area (TPSA) is 82.5 Å². The molecule has 2 heterocycles. The van der Waals surface area contributed by atoms with E-state index in [9.17, 15) is 9.59 Å². The maximum Gasteiger partial charge on any atom is 0.407 e. The monoisotopic (exact) mass is 317 g/mol. The van der Waals surface area contributed by atoms with Crippen molar-refractivity contribution in [2.75, 3.05) is 18.4 Å². The highest BCUT2D eigenvalue weighted by Crippen LogP contribution is 2.29. The molecule has 2 N–H and O–H groups in total. The second-order valence-electron chi connectivity index (χ2n) is 5.10. The molecule has 1 saturated heterocycles. The number of amides is 2. The van der Waals surface area contributed by atoms with Crippen LogP contribution in [0.3, 0.4) is 0 Å². The number of hydrogen-bond acceptors (Lipinski definition) is 4. The highest BCUT2D eigenvalue weighted by molar-refractivity contribution is 7.19. The third-order valence-electron chi connectivity index (χ3n) is 3.62. The summed E-state index contributed by atoms with van der Waals surface area (Å²) in [6.07, 6.45) is 1.30. The Morgan fingerprint density at radius 3 is 2.77 bits per heavy atom. The number of benzene rings is 1. The zero-order valence-corrected chi connectivity index (χ0v) is 12.5. The van der Waals surface area contributed by atoms with Crippen molar-refractivity contribution in [1.29, 1.82) is 0 Å². The van der Waals surface area contributed by atoms with Gasteiger partial charge in [-0.15, -0.1) is 0 Å². The van der Waals surface area contributed by atoms with E-state index in [4.69, 9.17) is 5.11 Å². The molecule has 0 aliphatic carbocycles. The van der Waals surface area contributed by atoms with Gasteiger partial charge in [0, 0.05) is 19.3 Å². The van der Waals surface area contributed by atoms with Gasteiger partial charge < -0.3 is 15.3 Å². The van der Waals surface area contributed by atoms with E-state index >= 15 is 0 Å². The SMILES string of the molecule is O=C(Nc1ncc(-c2ccccc2)s1)C1CCN(C(=O)O)C1. The minimum absolute atomic E-state index is 0.169. The van der Waals surface area contributed by atoms with Crippen LogP contribution in [0.4, 0.5) is 9.93 Å². The number of thiazole rings is 1. The van der Waals surface area contributed by atoms with Crippen LogP contribution in [0.15, 0.2) is 36.5 Å². The summed E-state index contributed by atoms with van der Waals surface area (Å²) in [6.45, 7) is 0.651. The summed E-state index contributed by atoms with van der Waals surface area (Å²) >= 11 is 1.41. The summed E-state index contributed by atoms with van der Waals surface area (Å²) in [5.41, 5.74) is 1.05. The Kier molecular flexibility index (Phi) is 4.06. The first kappa shape index (κ1) is 14.5. The van der Waals surface area contributed by atoms with Crippen LogP contribution in [0.2, 0.25) is 0 Å². The summed E-state index contributed by atoms with van der Waals surface area (Å²) in [4.78, 5) is 29.5. The van der Waals surface area contributed by atoms with Crippen molar-refractivity contribution in [3.63, 3.8) is 0 Å². The molecule has 1 aliphatic rings. The first-order chi connectivity index (χ1) is 10.6. The third kappa shape index (κ3) is 3.09. The molecule has 0 spiro atoms. The van der Waals surface area contributed by atoms with Gasteiger partial charge in [-0.05, 0) is 12.0 Å². The molecule has 6 nitrogen and oxygen atoms in total. The molecule has 2 aromatic rings. The van der Waals surface area contributed by atoms with Crippen molar-refractivity contribution in [1.82, 2.24) is 9.88 Å². The molecule has 3 rings (SSSR count). The average molecular weight is 317 g/mol. The number of hydrogen-bond donors (Lipinski definition) is 2. The van der Waals surface area contributed by atoms with Crippen molar-refractivity contribution in [3.8, 4) is 10.4 Å². The standard InChI is InChI=1S/C15H15N3O3S/c19-13(11-6-7-18(9-11)15(20)21)17-14-16-8-12(22-14)10-4-2-1-3-5-10/h1-5,8,11H,6-7,9H2,(H,20,21)(H,16,17,19). The summed E-state index contributed by atoms with van der Waals surface area (Å²) in [5, 5.41) is 12.2. The molecule has 1 aromatic heterocycles. The lowest BCUT2D eigenvalue weighted by molar-refractivity contribution is -0.119. The van der Waals surface area contributed by atoms with E-state index in [-0.39, 0.29) is 18.4 Å². The molecule has 1 aliphatic heterocycles. The zero-order chi connectivity index (χ0) is 15.5. The molecular formula is C15H15N3O3S. The number of rotatable bonds is 3. The van der Waals surface area contributed by atoms with Crippen molar-refractivity contribution >= 4 is 28.5 Å². The Balaban J connectivity index is 1.63. The Morgan fingerprint density at radius 2 is 2.09 bits per heavy atom. The summed E-state index contributed by atoms with van der Waals surface area (Å²) < 4.78 is 0. The lowest BCUT2D eigenvalue weighted by Crippen LogP contribution is -2.30. The van der Waals surface area contributed by atoms with E-state index in [1.807, 2.05) is 30.3 Å². The second kappa shape index (κ2) is 6.15. The Bertz CT molecular complexity index is 686. The van der Waals surface area contributed by atoms with E-state index in [1.165, 1.54) is 16.2 Å². The molecule has 7 heteroatoms. The maximum absolute atomic E-state index is 12.2. The predicted octanol–water partition coefficient (Wildman–Crippen LogP) is 2.75. The van der Waals surface area contributed by atoms with Crippen LogP contribution in [0.25, 0.3) is 10.4 Å². The lowest BCUT2D eigenvalue weighted by Gasteiger charge is -2.11. The van der Waals surface area contributed by atoms with E-state index in [0.29, 0.717) is 18.1 Å². The Hall–Kier alpha value is -2.41. The van der Waals surface area contributed by atoms with Gasteiger partial charge in [0.1, 0.15) is 0 Å². The average Bonchev–Trinajstić information content (AvgIpc) is 3.17. The number of aromatic nitrogens is 1. The van der Waals surface area contributed by atoms with Crippen LogP contribution in [0.1, 0.15) is 6.42 Å². The van der Waals surface area contributed by atoms with Crippen LogP contribution in [0.5, 0.6) is 0 Å². The normalized spacial score (nSPS) is 17.5. The fourth-order valence-electron chi connectivity index (χ4n) is 2.42. The smallest absolute Gasteiger partial charge is 0.407 e. The zero-order valence-electron chi connectivity index (χ0n) is 11.7. The van der Waals surface area contributed by atoms with Gasteiger partial charge in [-0.3, -0.25) is 4.79 Å². The van der Waals surface area contributed by atoms with Crippen LogP contribution < -0.4 is 5.32 Å². The van der Waals surface area contributed by atoms with Crippen molar-refractivity contribution in [2.45, 2.75) is 6.42 Å². The van der Waals surface area contributed by atoms with Gasteiger partial charge in [-0.2, -0.15) is 0 Å². The molecule has 0 saturated carbocycles. The van der Waals surface area contributed by atoms with Gasteiger partial charge in [0.2, 0.25) is 5.91 Å². The molecule has 0 radical (unpaired) electrons. The van der Waals surface area contributed by atoms with Gasteiger partial charge in [-0.25, -0.2) is 9.78 Å². The van der Waals surface area contributed by atoms with Crippen molar-refractivity contribution in [2.24, 2.45) is 5.92 Å². The van der Waals surface area contributed by atoms with Gasteiger partial charge in [0.25, 0.3) is 0 Å². The first-order valence-electron chi connectivity index (χ1n) is 6.93. The molecule has 1 fully saturated rings. The van der Waals surface area contributed by atoms with Crippen LogP contribution in [-0.2, 0) is 4.79 Å². The van der Waals surface area contributed by atoms with Crippen molar-refractivity contribution in [3.05, 3.63) is 36.5 Å². The molecule has 1 aromatic carbocycles. The third-order valence-corrected chi connectivity index (χ3v) is 4.59. The number of nitrogens with zero attached hydrogens (tertiary/aromatic N) is 2. The molecule has 0 bridgehead atoms. The summed E-state index contributed by atoms with van der Waals surface area (Å²) in [7, 11) is 0. The molecule has 1 unspecified atom stereocenters. The highest BCUT2D eigenvalue weighted by atomic mass is 32.1. The predicted molar refractivity (Wildman–Crippen MR) is 83.9 cm³/mol. The minimum Gasteiger partial charge on any atom is -0.465 e. The lowest BCUT2D eigenvalue weighted by atomic mass is 10.1. The molecular weight excluding hydrogens is 302 g/mol. The van der Waals surface area contributed by atoms with Gasteiger partial charge in [0.15, 0.2) is 5.13 Å². The number of nitrogens with one attached hydrogen (secondary N) is 1. The van der Waals surface area contributed by atoms with E-state index < -0.39 is 6.09 Å². The van der Waals surface area contributed by atoms with Gasteiger partial charge in [-0.1, -0.05) is 41.7 Å². The van der Waals surface area contributed by atoms with Crippen molar-refractivity contribution < 1.29 is 14.7 Å². The molecule has 2 amide bonds. The number of likely N-dealkylation sites (tertiary alicyclic amines) is 1. The maximum atomic E-state index is 12.2. The molecule has 114 valence electrons. The minimum atomic E-state index is -0.976. The quantitative estimate of drug-likeness (QED) is 0.912. The van der Waals surface area contributed by atoms with Gasteiger partial charge in [0.05, 0.1) is 10.8 Å². The Morgan fingerprint density at radius 1 is 1.32 bits per heavy atom. The number of carboxylic acid groups (broad SMARTS) is 1. The number of carbonyl (C=O) groups excluding carboxylic acids is 1. The van der Waals surface area contributed by atoms with Crippen LogP contribution in [0, 0.1) is 5.92 Å². The summed E-state index contributed by atoms with van der Waals surface area (Å²) in [6, 6.07) is 9.82. The van der Waals surface area contributed by atoms with E-state index in [2.05, 4.69) is 10.3 Å². The highest BCUT2D eigenvalue weighted by Gasteiger charge is 2.31. The van der Waals surface area contributed by atoms with Crippen LogP contribution in [-0.4, -0.2) is 40.1 Å². The largest absolute Gasteiger partial charge is 0.465 e. The number of anilines is 1. The fraction of sp³-hybridized carbons (Fsp3) is 0.267. The number of carbonyl (C=O) groups is 2. The first-order valence-corrected chi connectivity index (χ1v) is 7.75. The second-order valence-corrected chi connectivity index (χ2v) is 6.13. The van der Waals surface area contributed by atoms with E-state index in [0.717, 1.165) is 10.4 Å².